The normalized spacial score (nSPS) is 6.88. The number of benzene rings is 1. The molecule has 0 aliphatic carbocycles. The van der Waals surface area contributed by atoms with Crippen molar-refractivity contribution in [2.24, 2.45) is 0 Å². The first-order valence-electron chi connectivity index (χ1n) is 5.68. The minimum atomic E-state index is -0.819. The van der Waals surface area contributed by atoms with Crippen LogP contribution in [0, 0.1) is 10.1 Å². The first kappa shape index (κ1) is 20.6. The van der Waals surface area contributed by atoms with Crippen molar-refractivity contribution >= 4 is 0 Å². The van der Waals surface area contributed by atoms with Crippen LogP contribution in [0.25, 0.3) is 0 Å². The lowest BCUT2D eigenvalue weighted by Crippen LogP contribution is -1.97. The summed E-state index contributed by atoms with van der Waals surface area (Å²) < 4.78 is 0. The summed E-state index contributed by atoms with van der Waals surface area (Å²) in [4.78, 5) is 12.9. The fourth-order valence-electron chi connectivity index (χ4n) is 0.533. The molecule has 0 spiro atoms. The van der Waals surface area contributed by atoms with E-state index < -0.39 is 5.09 Å². The number of aromatic hydroxyl groups is 1. The Morgan fingerprint density at radius 3 is 1.71 bits per heavy atom. The van der Waals surface area contributed by atoms with Crippen molar-refractivity contribution in [3.05, 3.63) is 40.4 Å². The van der Waals surface area contributed by atoms with Crippen LogP contribution in [0.5, 0.6) is 5.75 Å². The number of rotatable bonds is 2. The molecule has 0 atom stereocenters. The van der Waals surface area contributed by atoms with Gasteiger partial charge in [0.15, 0.2) is 0 Å². The number of nitrogens with zero attached hydrogens (tertiary/aromatic N) is 1. The van der Waals surface area contributed by atoms with Crippen LogP contribution < -0.4 is 0 Å². The molecule has 1 rings (SSSR count). The maximum Gasteiger partial charge on any atom is 0.294 e. The van der Waals surface area contributed by atoms with Crippen molar-refractivity contribution < 1.29 is 15.0 Å². The largest absolute Gasteiger partial charge is 0.508 e. The molecule has 0 amide bonds. The number of hydrogen-bond acceptors (Lipinski definition) is 4. The van der Waals surface area contributed by atoms with Crippen molar-refractivity contribution in [1.29, 1.82) is 0 Å². The minimum absolute atomic E-state index is 0.132. The summed E-state index contributed by atoms with van der Waals surface area (Å²) >= 11 is 0. The van der Waals surface area contributed by atoms with E-state index in [1.165, 1.54) is 0 Å². The highest BCUT2D eigenvalue weighted by molar-refractivity contribution is 5.18. The number of hydrogen-bond donors (Lipinski definition) is 1. The molecule has 17 heavy (non-hydrogen) atoms. The molecule has 0 heterocycles. The second-order valence-electron chi connectivity index (χ2n) is 1.98. The van der Waals surface area contributed by atoms with Crippen molar-refractivity contribution in [2.45, 2.75) is 34.6 Å². The minimum Gasteiger partial charge on any atom is -0.508 e. The fraction of sp³-hybridized carbons (Fsp3) is 0.500. The molecule has 5 heteroatoms. The number of phenols is 1. The van der Waals surface area contributed by atoms with Crippen molar-refractivity contribution in [3.63, 3.8) is 0 Å². The first-order valence-corrected chi connectivity index (χ1v) is 5.68. The molecule has 1 N–H and O–H groups in total. The lowest BCUT2D eigenvalue weighted by atomic mass is 10.3. The van der Waals surface area contributed by atoms with Crippen LogP contribution >= 0.6 is 0 Å². The van der Waals surface area contributed by atoms with E-state index >= 15 is 0 Å². The maximum atomic E-state index is 9.18. The summed E-state index contributed by atoms with van der Waals surface area (Å²) in [6.45, 7) is 9.69. The van der Waals surface area contributed by atoms with Gasteiger partial charge in [0.25, 0.3) is 5.09 Å². The molecule has 100 valence electrons. The van der Waals surface area contributed by atoms with Gasteiger partial charge in [-0.1, -0.05) is 45.9 Å². The fourth-order valence-corrected chi connectivity index (χ4v) is 0.533. The molecule has 0 aliphatic heterocycles. The second kappa shape index (κ2) is 19.7. The Hall–Kier alpha value is -1.78. The van der Waals surface area contributed by atoms with Gasteiger partial charge in [-0.15, -0.1) is 10.1 Å². The molecule has 0 aliphatic rings. The molecule has 0 unspecified atom stereocenters. The van der Waals surface area contributed by atoms with E-state index in [0.717, 1.165) is 0 Å². The molecular formula is C12H23NO4. The topological polar surface area (TPSA) is 72.6 Å². The number of para-hydroxylation sites is 1. The molecule has 0 radical (unpaired) electrons. The quantitative estimate of drug-likeness (QED) is 0.637. The van der Waals surface area contributed by atoms with E-state index in [-0.39, 0.29) is 6.61 Å². The highest BCUT2D eigenvalue weighted by Gasteiger charge is 1.83. The van der Waals surface area contributed by atoms with E-state index in [9.17, 15) is 10.1 Å². The molecule has 1 aromatic carbocycles. The first-order chi connectivity index (χ1) is 8.16. The summed E-state index contributed by atoms with van der Waals surface area (Å²) in [6.07, 6.45) is 0. The van der Waals surface area contributed by atoms with Gasteiger partial charge in [-0.05, 0) is 19.1 Å². The van der Waals surface area contributed by atoms with Gasteiger partial charge in [-0.2, -0.15) is 0 Å². The molecule has 5 nitrogen and oxygen atoms in total. The lowest BCUT2D eigenvalue weighted by Gasteiger charge is -1.83. The van der Waals surface area contributed by atoms with Gasteiger partial charge in [0.05, 0.1) is 6.61 Å². The zero-order valence-corrected chi connectivity index (χ0v) is 11.2. The highest BCUT2D eigenvalue weighted by Crippen LogP contribution is 2.02. The van der Waals surface area contributed by atoms with E-state index in [2.05, 4.69) is 4.84 Å². The molecular weight excluding hydrogens is 222 g/mol. The summed E-state index contributed by atoms with van der Waals surface area (Å²) in [6, 6.07) is 8.71. The molecule has 0 aromatic heterocycles. The maximum absolute atomic E-state index is 9.18. The van der Waals surface area contributed by atoms with Crippen LogP contribution in [0.3, 0.4) is 0 Å². The third-order valence-corrected chi connectivity index (χ3v) is 0.991. The van der Waals surface area contributed by atoms with Crippen LogP contribution in [-0.2, 0) is 4.84 Å². The van der Waals surface area contributed by atoms with Crippen LogP contribution in [-0.4, -0.2) is 16.8 Å². The number of phenolic OH excluding ortho intramolecular Hbond substituents is 1. The predicted molar refractivity (Wildman–Crippen MR) is 69.4 cm³/mol. The third kappa shape index (κ3) is 25.0. The average Bonchev–Trinajstić information content (AvgIpc) is 2.36. The summed E-state index contributed by atoms with van der Waals surface area (Å²) in [7, 11) is 0. The Morgan fingerprint density at radius 2 is 1.59 bits per heavy atom. The van der Waals surface area contributed by atoms with Crippen molar-refractivity contribution in [2.75, 3.05) is 6.61 Å². The predicted octanol–water partition coefficient (Wildman–Crippen LogP) is 3.66. The van der Waals surface area contributed by atoms with Gasteiger partial charge >= 0.3 is 0 Å². The standard InChI is InChI=1S/C6H6O.C2H5NO3.2C2H6/c7-6-4-2-1-3-5-6;1-2-6-3(4)5;2*1-2/h1-5,7H;2H2,1H3;2*1-2H3. The molecule has 1 aromatic rings. The zero-order valence-electron chi connectivity index (χ0n) is 11.2. The van der Waals surface area contributed by atoms with E-state index in [4.69, 9.17) is 5.11 Å². The molecule has 0 saturated carbocycles. The Kier molecular flexibility index (Phi) is 23.9. The van der Waals surface area contributed by atoms with E-state index in [0.29, 0.717) is 5.75 Å². The third-order valence-electron chi connectivity index (χ3n) is 0.991. The monoisotopic (exact) mass is 245 g/mol. The van der Waals surface area contributed by atoms with E-state index in [1.54, 1.807) is 31.2 Å². The summed E-state index contributed by atoms with van der Waals surface area (Å²) in [5.74, 6) is 0.322. The van der Waals surface area contributed by atoms with Crippen LogP contribution in [0.15, 0.2) is 30.3 Å². The van der Waals surface area contributed by atoms with Gasteiger partial charge in [0, 0.05) is 0 Å². The Labute approximate surface area is 103 Å². The molecule has 0 bridgehead atoms. The van der Waals surface area contributed by atoms with Crippen LogP contribution in [0.1, 0.15) is 34.6 Å². The summed E-state index contributed by atoms with van der Waals surface area (Å²) in [5.41, 5.74) is 0. The smallest absolute Gasteiger partial charge is 0.294 e. The van der Waals surface area contributed by atoms with Gasteiger partial charge in [0.1, 0.15) is 5.75 Å². The van der Waals surface area contributed by atoms with Gasteiger partial charge in [-0.3, -0.25) is 0 Å². The van der Waals surface area contributed by atoms with Crippen molar-refractivity contribution in [3.8, 4) is 5.75 Å². The van der Waals surface area contributed by atoms with Crippen LogP contribution in [0.4, 0.5) is 0 Å². The van der Waals surface area contributed by atoms with Crippen molar-refractivity contribution in [1.82, 2.24) is 0 Å². The zero-order chi connectivity index (χ0) is 14.1. The van der Waals surface area contributed by atoms with Gasteiger partial charge in [-0.25, -0.2) is 0 Å². The van der Waals surface area contributed by atoms with Gasteiger partial charge < -0.3 is 9.94 Å². The molecule has 0 fully saturated rings. The SMILES string of the molecule is CC.CC.CCO[N+](=O)[O-].Oc1ccccc1. The second-order valence-corrected chi connectivity index (χ2v) is 1.98. The Bertz CT molecular complexity index is 240. The van der Waals surface area contributed by atoms with Crippen LogP contribution in [0.2, 0.25) is 0 Å². The van der Waals surface area contributed by atoms with E-state index in [1.807, 2.05) is 33.8 Å². The Balaban J connectivity index is -0.000000180. The molecule has 0 saturated heterocycles. The summed E-state index contributed by atoms with van der Waals surface area (Å²) in [5, 5.41) is 17.0. The lowest BCUT2D eigenvalue weighted by molar-refractivity contribution is -0.756. The average molecular weight is 245 g/mol. The highest BCUT2D eigenvalue weighted by atomic mass is 16.9. The Morgan fingerprint density at radius 1 is 1.18 bits per heavy atom. The van der Waals surface area contributed by atoms with Gasteiger partial charge in [0.2, 0.25) is 0 Å².